The Balaban J connectivity index is 1.38. The molecule has 0 saturated heterocycles. The molecule has 0 bridgehead atoms. The van der Waals surface area contributed by atoms with Crippen LogP contribution in [0.2, 0.25) is 5.02 Å². The molecule has 0 saturated carbocycles. The highest BCUT2D eigenvalue weighted by molar-refractivity contribution is 8.00. The van der Waals surface area contributed by atoms with Crippen LogP contribution in [0.15, 0.2) is 47.6 Å². The Morgan fingerprint density at radius 3 is 2.73 bits per heavy atom. The molecule has 0 aliphatic carbocycles. The summed E-state index contributed by atoms with van der Waals surface area (Å²) in [5.41, 5.74) is 1.15. The van der Waals surface area contributed by atoms with Gasteiger partial charge in [-0.3, -0.25) is 9.59 Å². The standard InChI is InChI=1S/C22H22ClN5O4S/c1-3-28-19(11-20(29)25-16-7-5-4-6-15(16)23)26-27-22(28)33-13(2)21(30)24-14-8-9-17-18(10-14)32-12-31-17/h4-10,13H,3,11-12H2,1-2H3,(H,24,30)(H,25,29)/t13-/m0/s1. The van der Waals surface area contributed by atoms with E-state index in [4.69, 9.17) is 21.1 Å². The van der Waals surface area contributed by atoms with E-state index in [-0.39, 0.29) is 25.0 Å². The molecule has 2 amide bonds. The Bertz CT molecular complexity index is 1190. The van der Waals surface area contributed by atoms with Gasteiger partial charge in [0, 0.05) is 18.3 Å². The summed E-state index contributed by atoms with van der Waals surface area (Å²) in [6.45, 7) is 4.44. The van der Waals surface area contributed by atoms with Gasteiger partial charge in [0.1, 0.15) is 5.82 Å². The van der Waals surface area contributed by atoms with E-state index in [2.05, 4.69) is 20.8 Å². The number of hydrogen-bond donors (Lipinski definition) is 2. The SMILES string of the molecule is CCn1c(CC(=O)Nc2ccccc2Cl)nnc1S[C@@H](C)C(=O)Nc1ccc2c(c1)OCO2. The quantitative estimate of drug-likeness (QED) is 0.463. The molecule has 1 aliphatic rings. The van der Waals surface area contributed by atoms with Gasteiger partial charge in [-0.1, -0.05) is 35.5 Å². The predicted octanol–water partition coefficient (Wildman–Crippen LogP) is 3.98. The summed E-state index contributed by atoms with van der Waals surface area (Å²) in [5, 5.41) is 14.6. The molecule has 9 nitrogen and oxygen atoms in total. The summed E-state index contributed by atoms with van der Waals surface area (Å²) in [7, 11) is 0. The first-order valence-electron chi connectivity index (χ1n) is 10.3. The molecule has 2 heterocycles. The van der Waals surface area contributed by atoms with Crippen molar-refractivity contribution in [1.29, 1.82) is 0 Å². The molecule has 0 fully saturated rings. The van der Waals surface area contributed by atoms with Crippen molar-refractivity contribution in [3.63, 3.8) is 0 Å². The van der Waals surface area contributed by atoms with E-state index >= 15 is 0 Å². The number of rotatable bonds is 8. The third-order valence-electron chi connectivity index (χ3n) is 4.87. The Morgan fingerprint density at radius 2 is 1.94 bits per heavy atom. The molecule has 11 heteroatoms. The molecule has 1 aliphatic heterocycles. The third-order valence-corrected chi connectivity index (χ3v) is 6.28. The van der Waals surface area contributed by atoms with Gasteiger partial charge in [-0.15, -0.1) is 10.2 Å². The van der Waals surface area contributed by atoms with Gasteiger partial charge in [0.05, 0.1) is 22.4 Å². The van der Waals surface area contributed by atoms with Crippen molar-refractivity contribution in [2.24, 2.45) is 0 Å². The lowest BCUT2D eigenvalue weighted by molar-refractivity contribution is -0.116. The number of anilines is 2. The second-order valence-corrected chi connectivity index (χ2v) is 8.88. The van der Waals surface area contributed by atoms with E-state index in [0.29, 0.717) is 45.4 Å². The first kappa shape index (κ1) is 22.9. The zero-order chi connectivity index (χ0) is 23.4. The lowest BCUT2D eigenvalue weighted by Crippen LogP contribution is -2.23. The van der Waals surface area contributed by atoms with E-state index < -0.39 is 5.25 Å². The number of carbonyl (C=O) groups excluding carboxylic acids is 2. The smallest absolute Gasteiger partial charge is 0.237 e. The first-order chi connectivity index (χ1) is 15.9. The topological polar surface area (TPSA) is 107 Å². The summed E-state index contributed by atoms with van der Waals surface area (Å²) in [5.74, 6) is 1.31. The fourth-order valence-corrected chi connectivity index (χ4v) is 4.30. The van der Waals surface area contributed by atoms with E-state index in [1.807, 2.05) is 11.5 Å². The second-order valence-electron chi connectivity index (χ2n) is 7.17. The zero-order valence-electron chi connectivity index (χ0n) is 18.0. The van der Waals surface area contributed by atoms with Crippen LogP contribution < -0.4 is 20.1 Å². The number of halogens is 1. The Kier molecular flexibility index (Phi) is 7.05. The maximum Gasteiger partial charge on any atom is 0.237 e. The van der Waals surface area contributed by atoms with Crippen LogP contribution in [-0.2, 0) is 22.6 Å². The third kappa shape index (κ3) is 5.40. The molecule has 172 valence electrons. The van der Waals surface area contributed by atoms with Crippen molar-refractivity contribution < 1.29 is 19.1 Å². The number of ether oxygens (including phenoxy) is 2. The van der Waals surface area contributed by atoms with Crippen LogP contribution in [0.25, 0.3) is 0 Å². The number of aromatic nitrogens is 3. The van der Waals surface area contributed by atoms with Crippen molar-refractivity contribution in [2.75, 3.05) is 17.4 Å². The molecule has 1 atom stereocenters. The van der Waals surface area contributed by atoms with Gasteiger partial charge in [0.2, 0.25) is 18.6 Å². The zero-order valence-corrected chi connectivity index (χ0v) is 19.6. The molecular weight excluding hydrogens is 466 g/mol. The number of carbonyl (C=O) groups is 2. The van der Waals surface area contributed by atoms with E-state index in [0.717, 1.165) is 0 Å². The van der Waals surface area contributed by atoms with Crippen LogP contribution in [0.1, 0.15) is 19.7 Å². The lowest BCUT2D eigenvalue weighted by atomic mass is 10.2. The fourth-order valence-electron chi connectivity index (χ4n) is 3.19. The van der Waals surface area contributed by atoms with Crippen molar-refractivity contribution in [2.45, 2.75) is 37.2 Å². The van der Waals surface area contributed by atoms with Gasteiger partial charge in [0.15, 0.2) is 16.7 Å². The molecule has 2 aromatic carbocycles. The summed E-state index contributed by atoms with van der Waals surface area (Å²) >= 11 is 7.37. The largest absolute Gasteiger partial charge is 0.454 e. The molecule has 0 radical (unpaired) electrons. The average molecular weight is 488 g/mol. The highest BCUT2D eigenvalue weighted by atomic mass is 35.5. The first-order valence-corrected chi connectivity index (χ1v) is 11.5. The molecule has 33 heavy (non-hydrogen) atoms. The molecule has 1 aromatic heterocycles. The number of fused-ring (bicyclic) bond motifs is 1. The Morgan fingerprint density at radius 1 is 1.15 bits per heavy atom. The van der Waals surface area contributed by atoms with Gasteiger partial charge in [0.25, 0.3) is 0 Å². The summed E-state index contributed by atoms with van der Waals surface area (Å²) in [6.07, 6.45) is 0.0321. The predicted molar refractivity (Wildman–Crippen MR) is 126 cm³/mol. The minimum Gasteiger partial charge on any atom is -0.454 e. The molecule has 4 rings (SSSR count). The van der Waals surface area contributed by atoms with E-state index in [1.54, 1.807) is 49.4 Å². The second kappa shape index (κ2) is 10.1. The summed E-state index contributed by atoms with van der Waals surface area (Å²) in [4.78, 5) is 25.2. The van der Waals surface area contributed by atoms with Crippen LogP contribution >= 0.6 is 23.4 Å². The normalized spacial score (nSPS) is 12.9. The van der Waals surface area contributed by atoms with Gasteiger partial charge in [-0.25, -0.2) is 0 Å². The Labute approximate surface area is 199 Å². The van der Waals surface area contributed by atoms with Crippen LogP contribution in [0, 0.1) is 0 Å². The van der Waals surface area contributed by atoms with Crippen molar-refractivity contribution >= 4 is 46.6 Å². The van der Waals surface area contributed by atoms with E-state index in [9.17, 15) is 9.59 Å². The monoisotopic (exact) mass is 487 g/mol. The molecule has 0 unspecified atom stereocenters. The molecular formula is C22H22ClN5O4S. The van der Waals surface area contributed by atoms with Gasteiger partial charge in [-0.05, 0) is 38.1 Å². The number of nitrogens with zero attached hydrogens (tertiary/aromatic N) is 3. The number of para-hydroxylation sites is 1. The van der Waals surface area contributed by atoms with E-state index in [1.165, 1.54) is 11.8 Å². The van der Waals surface area contributed by atoms with Crippen LogP contribution in [-0.4, -0.2) is 38.6 Å². The molecule has 3 aromatic rings. The highest BCUT2D eigenvalue weighted by Crippen LogP contribution is 2.34. The molecule has 2 N–H and O–H groups in total. The number of benzene rings is 2. The highest BCUT2D eigenvalue weighted by Gasteiger charge is 2.22. The minimum atomic E-state index is -0.449. The maximum absolute atomic E-state index is 12.7. The van der Waals surface area contributed by atoms with Crippen LogP contribution in [0.4, 0.5) is 11.4 Å². The van der Waals surface area contributed by atoms with Gasteiger partial charge >= 0.3 is 0 Å². The minimum absolute atomic E-state index is 0.0321. The number of nitrogens with one attached hydrogen (secondary N) is 2. The van der Waals surface area contributed by atoms with Crippen LogP contribution in [0.5, 0.6) is 11.5 Å². The summed E-state index contributed by atoms with van der Waals surface area (Å²) in [6, 6.07) is 12.3. The maximum atomic E-state index is 12.7. The average Bonchev–Trinajstić information content (AvgIpc) is 3.41. The van der Waals surface area contributed by atoms with Crippen molar-refractivity contribution in [3.8, 4) is 11.5 Å². The van der Waals surface area contributed by atoms with Gasteiger partial charge in [-0.2, -0.15) is 0 Å². The van der Waals surface area contributed by atoms with Gasteiger partial charge < -0.3 is 24.7 Å². The number of thioether (sulfide) groups is 1. The summed E-state index contributed by atoms with van der Waals surface area (Å²) < 4.78 is 12.5. The Hall–Kier alpha value is -3.24. The molecule has 0 spiro atoms. The lowest BCUT2D eigenvalue weighted by Gasteiger charge is -2.13. The number of hydrogen-bond acceptors (Lipinski definition) is 7. The van der Waals surface area contributed by atoms with Crippen LogP contribution in [0.3, 0.4) is 0 Å². The number of amides is 2. The van der Waals surface area contributed by atoms with Crippen molar-refractivity contribution in [3.05, 3.63) is 53.3 Å². The van der Waals surface area contributed by atoms with Crippen molar-refractivity contribution in [1.82, 2.24) is 14.8 Å². The fraction of sp³-hybridized carbons (Fsp3) is 0.273.